The zero-order valence-electron chi connectivity index (χ0n) is 14.5. The van der Waals surface area contributed by atoms with Crippen LogP contribution in [0.25, 0.3) is 5.69 Å². The van der Waals surface area contributed by atoms with Crippen LogP contribution in [0.3, 0.4) is 0 Å². The summed E-state index contributed by atoms with van der Waals surface area (Å²) in [7, 11) is 0. The Bertz CT molecular complexity index is 1080. The number of nitrogens with one attached hydrogen (secondary N) is 1. The zero-order chi connectivity index (χ0) is 19.3. The Hall–Kier alpha value is -4.07. The zero-order valence-corrected chi connectivity index (χ0v) is 14.5. The van der Waals surface area contributed by atoms with Gasteiger partial charge in [-0.2, -0.15) is 5.10 Å². The molecule has 8 heteroatoms. The van der Waals surface area contributed by atoms with E-state index in [-0.39, 0.29) is 23.4 Å². The third kappa shape index (κ3) is 4.01. The van der Waals surface area contributed by atoms with E-state index in [1.165, 1.54) is 16.8 Å². The summed E-state index contributed by atoms with van der Waals surface area (Å²) in [5, 5.41) is 6.98. The molecule has 0 aliphatic heterocycles. The van der Waals surface area contributed by atoms with Crippen molar-refractivity contribution < 1.29 is 13.9 Å². The third-order valence-electron chi connectivity index (χ3n) is 3.78. The van der Waals surface area contributed by atoms with Crippen LogP contribution in [0.2, 0.25) is 0 Å². The number of amides is 1. The second kappa shape index (κ2) is 7.67. The van der Waals surface area contributed by atoms with E-state index in [4.69, 9.17) is 4.74 Å². The number of halogens is 1. The smallest absolute Gasteiger partial charge is 0.321 e. The third-order valence-corrected chi connectivity index (χ3v) is 3.78. The summed E-state index contributed by atoms with van der Waals surface area (Å²) in [5.74, 6) is -0.147. The highest BCUT2D eigenvalue weighted by atomic mass is 19.1. The lowest BCUT2D eigenvalue weighted by atomic mass is 10.3. The number of anilines is 1. The number of aromatic nitrogens is 4. The van der Waals surface area contributed by atoms with Crippen molar-refractivity contribution in [2.45, 2.75) is 0 Å². The van der Waals surface area contributed by atoms with Gasteiger partial charge in [0, 0.05) is 24.3 Å². The first kappa shape index (κ1) is 17.3. The quantitative estimate of drug-likeness (QED) is 0.573. The number of rotatable bonds is 5. The Labute approximate surface area is 159 Å². The molecule has 4 aromatic rings. The summed E-state index contributed by atoms with van der Waals surface area (Å²) in [6.45, 7) is 0. The molecule has 0 bridgehead atoms. The number of ether oxygens (including phenoxy) is 1. The van der Waals surface area contributed by atoms with Crippen molar-refractivity contribution in [3.8, 4) is 17.4 Å². The summed E-state index contributed by atoms with van der Waals surface area (Å²) in [6.07, 6.45) is 4.81. The van der Waals surface area contributed by atoms with Gasteiger partial charge in [-0.15, -0.1) is 0 Å². The summed E-state index contributed by atoms with van der Waals surface area (Å²) in [6, 6.07) is 16.2. The van der Waals surface area contributed by atoms with E-state index in [9.17, 15) is 9.18 Å². The molecule has 1 N–H and O–H groups in total. The first-order valence-electron chi connectivity index (χ1n) is 8.35. The van der Waals surface area contributed by atoms with Gasteiger partial charge in [0.25, 0.3) is 5.91 Å². The van der Waals surface area contributed by atoms with E-state index in [0.29, 0.717) is 17.1 Å². The van der Waals surface area contributed by atoms with E-state index in [1.54, 1.807) is 67.1 Å². The van der Waals surface area contributed by atoms with E-state index in [0.717, 1.165) is 0 Å². The molecule has 2 aromatic heterocycles. The first-order valence-corrected chi connectivity index (χ1v) is 8.35. The molecule has 7 nitrogen and oxygen atoms in total. The van der Waals surface area contributed by atoms with Crippen molar-refractivity contribution in [1.29, 1.82) is 0 Å². The highest BCUT2D eigenvalue weighted by molar-refractivity contribution is 6.02. The molecule has 0 radical (unpaired) electrons. The Kier molecular flexibility index (Phi) is 4.75. The van der Waals surface area contributed by atoms with E-state index in [2.05, 4.69) is 20.4 Å². The molecule has 2 heterocycles. The molecule has 28 heavy (non-hydrogen) atoms. The number of nitrogens with zero attached hydrogens (tertiary/aromatic N) is 4. The van der Waals surface area contributed by atoms with Crippen LogP contribution in [0, 0.1) is 5.82 Å². The Morgan fingerprint density at radius 1 is 0.964 bits per heavy atom. The van der Waals surface area contributed by atoms with Crippen molar-refractivity contribution in [3.05, 3.63) is 90.8 Å². The molecule has 0 saturated carbocycles. The van der Waals surface area contributed by atoms with Gasteiger partial charge in [0.05, 0.1) is 5.69 Å². The predicted octanol–water partition coefficient (Wildman–Crippen LogP) is 3.85. The van der Waals surface area contributed by atoms with E-state index in [1.807, 2.05) is 0 Å². The van der Waals surface area contributed by atoms with E-state index >= 15 is 0 Å². The van der Waals surface area contributed by atoms with Crippen molar-refractivity contribution in [2.24, 2.45) is 0 Å². The average molecular weight is 375 g/mol. The lowest BCUT2D eigenvalue weighted by Gasteiger charge is -2.06. The van der Waals surface area contributed by atoms with Gasteiger partial charge in [0.2, 0.25) is 0 Å². The number of hydrogen-bond acceptors (Lipinski definition) is 5. The van der Waals surface area contributed by atoms with Crippen LogP contribution >= 0.6 is 0 Å². The minimum Gasteiger partial charge on any atom is -0.424 e. The van der Waals surface area contributed by atoms with Crippen molar-refractivity contribution >= 4 is 11.6 Å². The molecule has 0 fully saturated rings. The predicted molar refractivity (Wildman–Crippen MR) is 100 cm³/mol. The molecule has 0 saturated heterocycles. The molecule has 138 valence electrons. The monoisotopic (exact) mass is 375 g/mol. The minimum absolute atomic E-state index is 0.238. The largest absolute Gasteiger partial charge is 0.424 e. The van der Waals surface area contributed by atoms with Gasteiger partial charge in [-0.1, -0.05) is 0 Å². The molecule has 0 unspecified atom stereocenters. The van der Waals surface area contributed by atoms with Gasteiger partial charge in [0.1, 0.15) is 11.6 Å². The minimum atomic E-state index is -0.360. The maximum Gasteiger partial charge on any atom is 0.321 e. The Morgan fingerprint density at radius 3 is 2.39 bits per heavy atom. The normalized spacial score (nSPS) is 10.5. The molecule has 0 aliphatic carbocycles. The van der Waals surface area contributed by atoms with Crippen LogP contribution < -0.4 is 10.1 Å². The Balaban J connectivity index is 1.41. The molecule has 0 atom stereocenters. The summed E-state index contributed by atoms with van der Waals surface area (Å²) in [5.41, 5.74) is 1.48. The van der Waals surface area contributed by atoms with Crippen LogP contribution in [-0.4, -0.2) is 25.7 Å². The second-order valence-electron chi connectivity index (χ2n) is 5.73. The number of benzene rings is 2. The van der Waals surface area contributed by atoms with Gasteiger partial charge in [0.15, 0.2) is 5.69 Å². The summed E-state index contributed by atoms with van der Waals surface area (Å²) < 4.78 is 20.0. The summed E-state index contributed by atoms with van der Waals surface area (Å²) >= 11 is 0. The van der Waals surface area contributed by atoms with Crippen LogP contribution in [0.15, 0.2) is 79.3 Å². The molecule has 0 aliphatic rings. The SMILES string of the molecule is O=C(Nc1ccc(Oc2ncccn2)cc1)c1ccn(-c2ccc(F)cc2)n1. The van der Waals surface area contributed by atoms with E-state index < -0.39 is 0 Å². The van der Waals surface area contributed by atoms with Gasteiger partial charge in [-0.3, -0.25) is 4.79 Å². The number of carbonyl (C=O) groups is 1. The molecular weight excluding hydrogens is 361 g/mol. The molecule has 1 amide bonds. The molecule has 4 rings (SSSR count). The van der Waals surface area contributed by atoms with Crippen molar-refractivity contribution in [2.75, 3.05) is 5.32 Å². The standard InChI is InChI=1S/C20H14FN5O2/c21-14-2-6-16(7-3-14)26-13-10-18(25-26)19(27)24-15-4-8-17(9-5-15)28-20-22-11-1-12-23-20/h1-13H,(H,24,27). The van der Waals surface area contributed by atoms with Gasteiger partial charge >= 0.3 is 6.01 Å². The topological polar surface area (TPSA) is 81.9 Å². The molecule has 2 aromatic carbocycles. The van der Waals surface area contributed by atoms with Crippen molar-refractivity contribution in [1.82, 2.24) is 19.7 Å². The van der Waals surface area contributed by atoms with Gasteiger partial charge < -0.3 is 10.1 Å². The van der Waals surface area contributed by atoms with Gasteiger partial charge in [-0.05, 0) is 60.7 Å². The Morgan fingerprint density at radius 2 is 1.68 bits per heavy atom. The fourth-order valence-electron chi connectivity index (χ4n) is 2.43. The summed E-state index contributed by atoms with van der Waals surface area (Å²) in [4.78, 5) is 20.4. The van der Waals surface area contributed by atoms with Crippen LogP contribution in [0.4, 0.5) is 10.1 Å². The molecular formula is C20H14FN5O2. The number of hydrogen-bond donors (Lipinski definition) is 1. The lowest BCUT2D eigenvalue weighted by molar-refractivity contribution is 0.102. The number of carbonyl (C=O) groups excluding carboxylic acids is 1. The fraction of sp³-hybridized carbons (Fsp3) is 0. The average Bonchev–Trinajstić information content (AvgIpc) is 3.21. The van der Waals surface area contributed by atoms with Crippen LogP contribution in [0.1, 0.15) is 10.5 Å². The van der Waals surface area contributed by atoms with Gasteiger partial charge in [-0.25, -0.2) is 19.0 Å². The highest BCUT2D eigenvalue weighted by Gasteiger charge is 2.11. The lowest BCUT2D eigenvalue weighted by Crippen LogP contribution is -2.13. The highest BCUT2D eigenvalue weighted by Crippen LogP contribution is 2.20. The van der Waals surface area contributed by atoms with Crippen LogP contribution in [-0.2, 0) is 0 Å². The van der Waals surface area contributed by atoms with Crippen LogP contribution in [0.5, 0.6) is 11.8 Å². The van der Waals surface area contributed by atoms with Crippen molar-refractivity contribution in [3.63, 3.8) is 0 Å². The maximum absolute atomic E-state index is 13.0. The first-order chi connectivity index (χ1) is 13.7. The fourth-order valence-corrected chi connectivity index (χ4v) is 2.43. The second-order valence-corrected chi connectivity index (χ2v) is 5.73. The maximum atomic E-state index is 13.0. The molecule has 0 spiro atoms.